The molecule has 0 aliphatic rings. The van der Waals surface area contributed by atoms with Crippen molar-refractivity contribution in [3.05, 3.63) is 11.6 Å². The molecule has 2 heteroatoms. The molecule has 0 aromatic carbocycles. The first-order chi connectivity index (χ1) is 5.07. The molecule has 1 N–H and O–H groups in total. The van der Waals surface area contributed by atoms with Gasteiger partial charge in [-0.2, -0.15) is 0 Å². The zero-order chi connectivity index (χ0) is 8.85. The van der Waals surface area contributed by atoms with E-state index in [-0.39, 0.29) is 5.91 Å². The van der Waals surface area contributed by atoms with Gasteiger partial charge in [-0.1, -0.05) is 19.9 Å². The number of amides is 1. The Labute approximate surface area is 68.7 Å². The maximum absolute atomic E-state index is 11.1. The highest BCUT2D eigenvalue weighted by Crippen LogP contribution is 2.00. The molecule has 0 aromatic rings. The topological polar surface area (TPSA) is 29.1 Å². The molecule has 0 bridgehead atoms. The second-order valence-electron chi connectivity index (χ2n) is 2.95. The summed E-state index contributed by atoms with van der Waals surface area (Å²) < 4.78 is 0. The highest BCUT2D eigenvalue weighted by Gasteiger charge is 2.01. The number of hydrogen-bond acceptors (Lipinski definition) is 1. The van der Waals surface area contributed by atoms with Crippen LogP contribution in [0.4, 0.5) is 0 Å². The molecule has 0 aromatic heterocycles. The summed E-state index contributed by atoms with van der Waals surface area (Å²) in [5, 5.41) is 2.74. The highest BCUT2D eigenvalue weighted by molar-refractivity contribution is 5.92. The lowest BCUT2D eigenvalue weighted by Gasteiger charge is -2.02. The Morgan fingerprint density at radius 3 is 2.45 bits per heavy atom. The van der Waals surface area contributed by atoms with Gasteiger partial charge in [0.15, 0.2) is 0 Å². The number of hydrogen-bond donors (Lipinski definition) is 1. The van der Waals surface area contributed by atoms with Gasteiger partial charge < -0.3 is 5.32 Å². The van der Waals surface area contributed by atoms with E-state index in [4.69, 9.17) is 0 Å². The predicted octanol–water partition coefficient (Wildman–Crippen LogP) is 1.72. The number of carbonyl (C=O) groups is 1. The average molecular weight is 155 g/mol. The fourth-order valence-corrected chi connectivity index (χ4v) is 0.876. The normalized spacial score (nSPS) is 11.9. The van der Waals surface area contributed by atoms with E-state index < -0.39 is 0 Å². The number of allylic oxidation sites excluding steroid dienone is 1. The summed E-state index contributed by atoms with van der Waals surface area (Å²) in [4.78, 5) is 11.1. The van der Waals surface area contributed by atoms with Crippen LogP contribution in [-0.4, -0.2) is 12.5 Å². The van der Waals surface area contributed by atoms with Crippen LogP contribution in [0.25, 0.3) is 0 Å². The van der Waals surface area contributed by atoms with Crippen molar-refractivity contribution in [2.24, 2.45) is 5.92 Å². The van der Waals surface area contributed by atoms with Gasteiger partial charge in [-0.15, -0.1) is 0 Å². The predicted molar refractivity (Wildman–Crippen MR) is 47.3 cm³/mol. The Hall–Kier alpha value is -0.790. The van der Waals surface area contributed by atoms with E-state index in [1.54, 1.807) is 0 Å². The van der Waals surface area contributed by atoms with Crippen molar-refractivity contribution < 1.29 is 4.79 Å². The molecule has 0 rings (SSSR count). The molecule has 0 fully saturated rings. The Kier molecular flexibility index (Phi) is 4.59. The lowest BCUT2D eigenvalue weighted by Crippen LogP contribution is -2.23. The van der Waals surface area contributed by atoms with Crippen LogP contribution in [0.5, 0.6) is 0 Å². The molecule has 0 heterocycles. The summed E-state index contributed by atoms with van der Waals surface area (Å²) in [7, 11) is 0. The Morgan fingerprint density at radius 1 is 1.55 bits per heavy atom. The first-order valence-electron chi connectivity index (χ1n) is 4.04. The van der Waals surface area contributed by atoms with Crippen LogP contribution in [0.3, 0.4) is 0 Å². The number of nitrogens with one attached hydrogen (secondary N) is 1. The zero-order valence-electron chi connectivity index (χ0n) is 7.77. The molecular weight excluding hydrogens is 138 g/mol. The molecular formula is C9H17NO. The molecule has 0 unspecified atom stereocenters. The summed E-state index contributed by atoms with van der Waals surface area (Å²) in [6.45, 7) is 8.57. The molecule has 0 atom stereocenters. The van der Waals surface area contributed by atoms with E-state index in [1.165, 1.54) is 0 Å². The van der Waals surface area contributed by atoms with Crippen LogP contribution in [0.2, 0.25) is 0 Å². The van der Waals surface area contributed by atoms with Crippen molar-refractivity contribution in [3.63, 3.8) is 0 Å². The second kappa shape index (κ2) is 4.94. The van der Waals surface area contributed by atoms with Crippen molar-refractivity contribution >= 4 is 5.91 Å². The molecule has 64 valence electrons. The maximum atomic E-state index is 11.1. The van der Waals surface area contributed by atoms with E-state index in [2.05, 4.69) is 19.2 Å². The highest BCUT2D eigenvalue weighted by atomic mass is 16.1. The molecule has 0 aliphatic heterocycles. The molecule has 0 saturated carbocycles. The molecule has 11 heavy (non-hydrogen) atoms. The molecule has 1 amide bonds. The maximum Gasteiger partial charge on any atom is 0.246 e. The quantitative estimate of drug-likeness (QED) is 0.618. The van der Waals surface area contributed by atoms with Crippen LogP contribution in [0.15, 0.2) is 11.6 Å². The van der Waals surface area contributed by atoms with Gasteiger partial charge in [0.1, 0.15) is 0 Å². The minimum absolute atomic E-state index is 0.0428. The standard InChI is InChI=1S/C9H17NO/c1-5-10-9(11)8(4)6-7(2)3/h6-7H,5H2,1-4H3,(H,10,11)/b8-6+. The van der Waals surface area contributed by atoms with Gasteiger partial charge in [0.2, 0.25) is 5.91 Å². The fraction of sp³-hybridized carbons (Fsp3) is 0.667. The lowest BCUT2D eigenvalue weighted by molar-refractivity contribution is -0.117. The van der Waals surface area contributed by atoms with Crippen molar-refractivity contribution in [1.82, 2.24) is 5.32 Å². The smallest absolute Gasteiger partial charge is 0.246 e. The van der Waals surface area contributed by atoms with Crippen molar-refractivity contribution in [2.75, 3.05) is 6.54 Å². The minimum Gasteiger partial charge on any atom is -0.353 e. The van der Waals surface area contributed by atoms with Crippen molar-refractivity contribution in [2.45, 2.75) is 27.7 Å². The van der Waals surface area contributed by atoms with E-state index in [1.807, 2.05) is 19.9 Å². The average Bonchev–Trinajstić information content (AvgIpc) is 1.86. The Balaban J connectivity index is 4.01. The zero-order valence-corrected chi connectivity index (χ0v) is 7.77. The third kappa shape index (κ3) is 4.59. The third-order valence-electron chi connectivity index (χ3n) is 1.28. The summed E-state index contributed by atoms with van der Waals surface area (Å²) in [6.07, 6.45) is 1.96. The van der Waals surface area contributed by atoms with Gasteiger partial charge in [0, 0.05) is 12.1 Å². The van der Waals surface area contributed by atoms with E-state index in [0.717, 1.165) is 5.57 Å². The third-order valence-corrected chi connectivity index (χ3v) is 1.28. The van der Waals surface area contributed by atoms with Gasteiger partial charge in [-0.05, 0) is 19.8 Å². The van der Waals surface area contributed by atoms with E-state index in [0.29, 0.717) is 12.5 Å². The van der Waals surface area contributed by atoms with Crippen molar-refractivity contribution in [3.8, 4) is 0 Å². The Bertz CT molecular complexity index is 159. The summed E-state index contributed by atoms with van der Waals surface area (Å²) in [5.41, 5.74) is 0.807. The second-order valence-corrected chi connectivity index (χ2v) is 2.95. The van der Waals surface area contributed by atoms with Gasteiger partial charge in [0.05, 0.1) is 0 Å². The van der Waals surface area contributed by atoms with Gasteiger partial charge >= 0.3 is 0 Å². The largest absolute Gasteiger partial charge is 0.353 e. The van der Waals surface area contributed by atoms with Crippen LogP contribution in [-0.2, 0) is 4.79 Å². The molecule has 2 nitrogen and oxygen atoms in total. The lowest BCUT2D eigenvalue weighted by atomic mass is 10.1. The SMILES string of the molecule is CCNC(=O)/C(C)=C/C(C)C. The summed E-state index contributed by atoms with van der Waals surface area (Å²) in [5.74, 6) is 0.485. The van der Waals surface area contributed by atoms with Crippen LogP contribution < -0.4 is 5.32 Å². The monoisotopic (exact) mass is 155 g/mol. The Morgan fingerprint density at radius 2 is 2.09 bits per heavy atom. The van der Waals surface area contributed by atoms with E-state index in [9.17, 15) is 4.79 Å². The molecule has 0 spiro atoms. The van der Waals surface area contributed by atoms with Gasteiger partial charge in [-0.3, -0.25) is 4.79 Å². The summed E-state index contributed by atoms with van der Waals surface area (Å²) >= 11 is 0. The summed E-state index contributed by atoms with van der Waals surface area (Å²) in [6, 6.07) is 0. The molecule has 0 radical (unpaired) electrons. The van der Waals surface area contributed by atoms with Crippen LogP contribution >= 0.6 is 0 Å². The van der Waals surface area contributed by atoms with E-state index >= 15 is 0 Å². The first-order valence-corrected chi connectivity index (χ1v) is 4.04. The van der Waals surface area contributed by atoms with Gasteiger partial charge in [0.25, 0.3) is 0 Å². The first kappa shape index (κ1) is 10.2. The number of rotatable bonds is 3. The van der Waals surface area contributed by atoms with Crippen LogP contribution in [0, 0.1) is 5.92 Å². The number of likely N-dealkylation sites (N-methyl/N-ethyl adjacent to an activating group) is 1. The number of carbonyl (C=O) groups excluding carboxylic acids is 1. The van der Waals surface area contributed by atoms with Crippen LogP contribution in [0.1, 0.15) is 27.7 Å². The van der Waals surface area contributed by atoms with Gasteiger partial charge in [-0.25, -0.2) is 0 Å². The fourth-order valence-electron chi connectivity index (χ4n) is 0.876. The molecule has 0 aliphatic carbocycles. The molecule has 0 saturated heterocycles. The van der Waals surface area contributed by atoms with Crippen molar-refractivity contribution in [1.29, 1.82) is 0 Å². The minimum atomic E-state index is 0.0428.